The summed E-state index contributed by atoms with van der Waals surface area (Å²) >= 11 is 1.13. The van der Waals surface area contributed by atoms with Crippen LogP contribution in [-0.2, 0) is 22.1 Å². The minimum absolute atomic E-state index is 0.234. The smallest absolute Gasteiger partial charge is 0.418 e. The van der Waals surface area contributed by atoms with E-state index in [1.165, 1.54) is 17.7 Å². The van der Waals surface area contributed by atoms with Crippen LogP contribution in [0.5, 0.6) is 0 Å². The van der Waals surface area contributed by atoms with Crippen molar-refractivity contribution >= 4 is 28.9 Å². The number of alkyl halides is 3. The molecule has 0 spiro atoms. The van der Waals surface area contributed by atoms with Crippen molar-refractivity contribution < 1.29 is 27.5 Å². The third-order valence-electron chi connectivity index (χ3n) is 4.43. The van der Waals surface area contributed by atoms with Crippen LogP contribution in [0, 0.1) is 6.92 Å². The zero-order valence-corrected chi connectivity index (χ0v) is 17.6. The van der Waals surface area contributed by atoms with Crippen molar-refractivity contribution in [3.8, 4) is 10.6 Å². The maximum Gasteiger partial charge on any atom is 0.418 e. The quantitative estimate of drug-likeness (QED) is 0.506. The second kappa shape index (κ2) is 9.30. The standard InChI is InChI=1S/C22H19F3N2O3S/c1-3-14-8-10-15(11-9-14)20-26-13(2)19(31-20)21(29)30-12-18(28)27-17-7-5-4-6-16(17)22(23,24)25/h4-11H,3,12H2,1-2H3,(H,27,28). The first-order valence-electron chi connectivity index (χ1n) is 9.39. The SMILES string of the molecule is CCc1ccc(-c2nc(C)c(C(=O)OCC(=O)Nc3ccccc3C(F)(F)F)s2)cc1. The van der Waals surface area contributed by atoms with E-state index in [9.17, 15) is 22.8 Å². The highest BCUT2D eigenvalue weighted by Crippen LogP contribution is 2.34. The number of amides is 1. The van der Waals surface area contributed by atoms with E-state index in [0.717, 1.165) is 35.5 Å². The third-order valence-corrected chi connectivity index (χ3v) is 5.62. The Hall–Kier alpha value is -3.20. The number of aryl methyl sites for hydroxylation is 2. The number of para-hydroxylation sites is 1. The fraction of sp³-hybridized carbons (Fsp3) is 0.227. The lowest BCUT2D eigenvalue weighted by Gasteiger charge is -2.13. The Morgan fingerprint density at radius 3 is 2.42 bits per heavy atom. The molecule has 0 aliphatic heterocycles. The molecule has 0 aliphatic carbocycles. The Bertz CT molecular complexity index is 1090. The maximum absolute atomic E-state index is 13.0. The normalized spacial score (nSPS) is 11.3. The molecule has 2 aromatic carbocycles. The molecule has 1 amide bonds. The van der Waals surface area contributed by atoms with Gasteiger partial charge in [0, 0.05) is 5.56 Å². The van der Waals surface area contributed by atoms with Gasteiger partial charge < -0.3 is 10.1 Å². The van der Waals surface area contributed by atoms with Gasteiger partial charge in [-0.2, -0.15) is 13.2 Å². The van der Waals surface area contributed by atoms with Gasteiger partial charge in [-0.05, 0) is 31.0 Å². The number of nitrogens with one attached hydrogen (secondary N) is 1. The maximum atomic E-state index is 13.0. The molecule has 1 heterocycles. The predicted octanol–water partition coefficient (Wildman–Crippen LogP) is 5.50. The van der Waals surface area contributed by atoms with Gasteiger partial charge in [-0.25, -0.2) is 9.78 Å². The van der Waals surface area contributed by atoms with Crippen molar-refractivity contribution in [2.75, 3.05) is 11.9 Å². The first-order valence-corrected chi connectivity index (χ1v) is 10.2. The number of hydrogen-bond donors (Lipinski definition) is 1. The summed E-state index contributed by atoms with van der Waals surface area (Å²) in [5.74, 6) is -1.63. The molecule has 1 N–H and O–H groups in total. The van der Waals surface area contributed by atoms with Crippen molar-refractivity contribution in [1.29, 1.82) is 0 Å². The Morgan fingerprint density at radius 2 is 1.77 bits per heavy atom. The van der Waals surface area contributed by atoms with Gasteiger partial charge in [-0.3, -0.25) is 4.79 Å². The van der Waals surface area contributed by atoms with Crippen LogP contribution in [0.1, 0.15) is 33.4 Å². The van der Waals surface area contributed by atoms with E-state index in [1.807, 2.05) is 24.3 Å². The lowest BCUT2D eigenvalue weighted by molar-refractivity contribution is -0.137. The Morgan fingerprint density at radius 1 is 1.10 bits per heavy atom. The number of thiazole rings is 1. The van der Waals surface area contributed by atoms with Gasteiger partial charge in [0.25, 0.3) is 5.91 Å². The molecule has 0 atom stereocenters. The first kappa shape index (κ1) is 22.5. The van der Waals surface area contributed by atoms with Crippen molar-refractivity contribution in [3.63, 3.8) is 0 Å². The lowest BCUT2D eigenvalue weighted by atomic mass is 10.1. The molecule has 9 heteroatoms. The van der Waals surface area contributed by atoms with Gasteiger partial charge in [0.1, 0.15) is 9.88 Å². The monoisotopic (exact) mass is 448 g/mol. The highest BCUT2D eigenvalue weighted by Gasteiger charge is 2.33. The van der Waals surface area contributed by atoms with E-state index in [-0.39, 0.29) is 4.88 Å². The van der Waals surface area contributed by atoms with Crippen molar-refractivity contribution in [2.45, 2.75) is 26.4 Å². The second-order valence-corrected chi connectivity index (χ2v) is 7.65. The van der Waals surface area contributed by atoms with E-state index in [4.69, 9.17) is 4.74 Å². The highest BCUT2D eigenvalue weighted by molar-refractivity contribution is 7.17. The second-order valence-electron chi connectivity index (χ2n) is 6.65. The number of nitrogens with zero attached hydrogens (tertiary/aromatic N) is 1. The summed E-state index contributed by atoms with van der Waals surface area (Å²) in [6.45, 7) is 2.98. The Balaban J connectivity index is 1.65. The predicted molar refractivity (Wildman–Crippen MR) is 112 cm³/mol. The van der Waals surface area contributed by atoms with Gasteiger partial charge in [0.05, 0.1) is 16.9 Å². The van der Waals surface area contributed by atoms with Crippen LogP contribution in [0.25, 0.3) is 10.6 Å². The van der Waals surface area contributed by atoms with E-state index in [2.05, 4.69) is 17.2 Å². The number of hydrogen-bond acceptors (Lipinski definition) is 5. The van der Waals surface area contributed by atoms with Gasteiger partial charge in [-0.1, -0.05) is 43.3 Å². The number of anilines is 1. The topological polar surface area (TPSA) is 68.3 Å². The molecular weight excluding hydrogens is 429 g/mol. The van der Waals surface area contributed by atoms with Gasteiger partial charge in [0.2, 0.25) is 0 Å². The summed E-state index contributed by atoms with van der Waals surface area (Å²) in [4.78, 5) is 29.0. The van der Waals surface area contributed by atoms with E-state index >= 15 is 0 Å². The highest BCUT2D eigenvalue weighted by atomic mass is 32.1. The lowest BCUT2D eigenvalue weighted by Crippen LogP contribution is -2.22. The number of carbonyl (C=O) groups excluding carboxylic acids is 2. The fourth-order valence-electron chi connectivity index (χ4n) is 2.81. The molecule has 0 fully saturated rings. The summed E-state index contributed by atoms with van der Waals surface area (Å²) < 4.78 is 44.1. The molecule has 1 aromatic heterocycles. The van der Waals surface area contributed by atoms with Gasteiger partial charge in [-0.15, -0.1) is 11.3 Å². The van der Waals surface area contributed by atoms with E-state index in [1.54, 1.807) is 6.92 Å². The van der Waals surface area contributed by atoms with Crippen LogP contribution < -0.4 is 5.32 Å². The number of halogens is 3. The number of ether oxygens (including phenoxy) is 1. The molecule has 0 bridgehead atoms. The van der Waals surface area contributed by atoms with Gasteiger partial charge in [0.15, 0.2) is 6.61 Å². The minimum Gasteiger partial charge on any atom is -0.451 e. The van der Waals surface area contributed by atoms with Crippen LogP contribution in [-0.4, -0.2) is 23.5 Å². The summed E-state index contributed by atoms with van der Waals surface area (Å²) in [7, 11) is 0. The van der Waals surface area contributed by atoms with Crippen LogP contribution in [0.3, 0.4) is 0 Å². The summed E-state index contributed by atoms with van der Waals surface area (Å²) in [5.41, 5.74) is 1.10. The molecule has 0 aliphatic rings. The van der Waals surface area contributed by atoms with Crippen LogP contribution in [0.2, 0.25) is 0 Å². The molecular formula is C22H19F3N2O3S. The molecule has 0 saturated carbocycles. The summed E-state index contributed by atoms with van der Waals surface area (Å²) in [6, 6.07) is 12.4. The van der Waals surface area contributed by atoms with Crippen LogP contribution in [0.15, 0.2) is 48.5 Å². The van der Waals surface area contributed by atoms with Crippen LogP contribution >= 0.6 is 11.3 Å². The molecule has 0 saturated heterocycles. The molecule has 31 heavy (non-hydrogen) atoms. The number of rotatable bonds is 6. The Labute approximate surface area is 180 Å². The van der Waals surface area contributed by atoms with Gasteiger partial charge >= 0.3 is 12.1 Å². The summed E-state index contributed by atoms with van der Waals surface area (Å²) in [5, 5.41) is 2.77. The van der Waals surface area contributed by atoms with E-state index in [0.29, 0.717) is 10.7 Å². The third kappa shape index (κ3) is 5.49. The molecule has 3 rings (SSSR count). The number of aromatic nitrogens is 1. The van der Waals surface area contributed by atoms with Crippen molar-refractivity contribution in [2.24, 2.45) is 0 Å². The summed E-state index contributed by atoms with van der Waals surface area (Å²) in [6.07, 6.45) is -3.71. The van der Waals surface area contributed by atoms with Crippen molar-refractivity contribution in [3.05, 3.63) is 70.2 Å². The fourth-order valence-corrected chi connectivity index (χ4v) is 3.78. The first-order chi connectivity index (χ1) is 14.7. The number of benzene rings is 2. The van der Waals surface area contributed by atoms with Crippen LogP contribution in [0.4, 0.5) is 18.9 Å². The van der Waals surface area contributed by atoms with Crippen molar-refractivity contribution in [1.82, 2.24) is 4.98 Å². The minimum atomic E-state index is -4.62. The number of carbonyl (C=O) groups is 2. The molecule has 0 unspecified atom stereocenters. The zero-order chi connectivity index (χ0) is 22.6. The average Bonchev–Trinajstić information content (AvgIpc) is 3.13. The molecule has 3 aromatic rings. The molecule has 162 valence electrons. The largest absolute Gasteiger partial charge is 0.451 e. The van der Waals surface area contributed by atoms with E-state index < -0.39 is 35.9 Å². The zero-order valence-electron chi connectivity index (χ0n) is 16.7. The molecule has 0 radical (unpaired) electrons. The molecule has 5 nitrogen and oxygen atoms in total. The average molecular weight is 448 g/mol. The number of esters is 1. The Kier molecular flexibility index (Phi) is 6.74.